The third-order valence-corrected chi connectivity index (χ3v) is 5.63. The molecule has 9 heteroatoms. The van der Waals surface area contributed by atoms with Crippen molar-refractivity contribution in [2.75, 3.05) is 18.8 Å². The van der Waals surface area contributed by atoms with E-state index in [9.17, 15) is 14.4 Å². The Labute approximate surface area is 181 Å². The van der Waals surface area contributed by atoms with Crippen LogP contribution in [0.3, 0.4) is 0 Å². The number of aromatic nitrogens is 2. The standard InChI is InChI=1S/C21H31N5O3S/c1-6-22-20(29)24-18(27)13-30-21-23-17-10-8-7-9-16(17)19(28)26(21)12-11-25(14(2)3)15(4)5/h7-10,14-15H,6,11-13H2,1-5H3,(H2,22,24,27,29). The highest BCUT2D eigenvalue weighted by molar-refractivity contribution is 7.99. The van der Waals surface area contributed by atoms with Gasteiger partial charge >= 0.3 is 6.03 Å². The highest BCUT2D eigenvalue weighted by atomic mass is 32.2. The monoisotopic (exact) mass is 433 g/mol. The topological polar surface area (TPSA) is 96.3 Å². The molecule has 0 radical (unpaired) electrons. The van der Waals surface area contributed by atoms with Gasteiger partial charge in [-0.25, -0.2) is 9.78 Å². The van der Waals surface area contributed by atoms with Crippen LogP contribution in [0, 0.1) is 0 Å². The van der Waals surface area contributed by atoms with Crippen LogP contribution >= 0.6 is 11.8 Å². The minimum atomic E-state index is -0.531. The molecule has 30 heavy (non-hydrogen) atoms. The smallest absolute Gasteiger partial charge is 0.321 e. The molecule has 3 amide bonds. The number of carbonyl (C=O) groups is 2. The number of para-hydroxylation sites is 1. The number of nitrogens with zero attached hydrogens (tertiary/aromatic N) is 3. The van der Waals surface area contributed by atoms with E-state index < -0.39 is 11.9 Å². The number of thioether (sulfide) groups is 1. The van der Waals surface area contributed by atoms with Gasteiger partial charge in [-0.05, 0) is 46.8 Å². The second kappa shape index (κ2) is 11.1. The third-order valence-electron chi connectivity index (χ3n) is 4.66. The summed E-state index contributed by atoms with van der Waals surface area (Å²) in [7, 11) is 0. The van der Waals surface area contributed by atoms with Crippen molar-refractivity contribution < 1.29 is 9.59 Å². The normalized spacial score (nSPS) is 11.5. The summed E-state index contributed by atoms with van der Waals surface area (Å²) in [6.45, 7) is 11.9. The van der Waals surface area contributed by atoms with E-state index in [1.165, 1.54) is 0 Å². The van der Waals surface area contributed by atoms with Crippen LogP contribution in [0.1, 0.15) is 34.6 Å². The molecule has 8 nitrogen and oxygen atoms in total. The average molecular weight is 434 g/mol. The first-order chi connectivity index (χ1) is 14.2. The summed E-state index contributed by atoms with van der Waals surface area (Å²) >= 11 is 1.15. The zero-order valence-corrected chi connectivity index (χ0v) is 19.1. The molecule has 0 bridgehead atoms. The van der Waals surface area contributed by atoms with E-state index in [0.29, 0.717) is 47.8 Å². The van der Waals surface area contributed by atoms with E-state index in [2.05, 4.69) is 48.2 Å². The molecule has 0 saturated carbocycles. The van der Waals surface area contributed by atoms with Crippen LogP contribution in [0.4, 0.5) is 4.79 Å². The zero-order chi connectivity index (χ0) is 22.3. The lowest BCUT2D eigenvalue weighted by molar-refractivity contribution is -0.117. The average Bonchev–Trinajstić information content (AvgIpc) is 2.68. The van der Waals surface area contributed by atoms with E-state index in [-0.39, 0.29) is 11.3 Å². The molecule has 0 fully saturated rings. The number of benzene rings is 1. The molecule has 0 saturated heterocycles. The summed E-state index contributed by atoms with van der Waals surface area (Å²) in [6, 6.07) is 7.35. The molecule has 0 atom stereocenters. The molecule has 2 rings (SSSR count). The first-order valence-electron chi connectivity index (χ1n) is 10.2. The quantitative estimate of drug-likeness (QED) is 0.466. The Balaban J connectivity index is 2.28. The number of imide groups is 1. The number of amides is 3. The van der Waals surface area contributed by atoms with Gasteiger partial charge in [0.1, 0.15) is 0 Å². The Kier molecular flexibility index (Phi) is 8.86. The molecule has 0 aliphatic rings. The van der Waals surface area contributed by atoms with E-state index in [1.54, 1.807) is 23.6 Å². The van der Waals surface area contributed by atoms with E-state index >= 15 is 0 Å². The Hall–Kier alpha value is -2.39. The lowest BCUT2D eigenvalue weighted by atomic mass is 10.2. The fourth-order valence-electron chi connectivity index (χ4n) is 3.28. The maximum absolute atomic E-state index is 13.1. The van der Waals surface area contributed by atoms with Crippen LogP contribution in [0.25, 0.3) is 10.9 Å². The molecule has 0 aliphatic carbocycles. The molecule has 2 N–H and O–H groups in total. The molecule has 0 unspecified atom stereocenters. The molecule has 1 aromatic heterocycles. The fraction of sp³-hybridized carbons (Fsp3) is 0.524. The Morgan fingerprint density at radius 2 is 1.83 bits per heavy atom. The van der Waals surface area contributed by atoms with Crippen molar-refractivity contribution in [3.05, 3.63) is 34.6 Å². The first kappa shape index (κ1) is 23.9. The minimum Gasteiger partial charge on any atom is -0.338 e. The first-order valence-corrected chi connectivity index (χ1v) is 11.2. The number of urea groups is 1. The van der Waals surface area contributed by atoms with E-state index in [1.807, 2.05) is 12.1 Å². The van der Waals surface area contributed by atoms with Crippen LogP contribution in [-0.2, 0) is 11.3 Å². The largest absolute Gasteiger partial charge is 0.338 e. The van der Waals surface area contributed by atoms with Crippen molar-refractivity contribution in [2.24, 2.45) is 0 Å². The zero-order valence-electron chi connectivity index (χ0n) is 18.3. The number of fused-ring (bicyclic) bond motifs is 1. The summed E-state index contributed by atoms with van der Waals surface area (Å²) in [5.41, 5.74) is 0.467. The highest BCUT2D eigenvalue weighted by Crippen LogP contribution is 2.18. The number of hydrogen-bond acceptors (Lipinski definition) is 6. The van der Waals surface area contributed by atoms with Crippen molar-refractivity contribution in [1.29, 1.82) is 0 Å². The summed E-state index contributed by atoms with van der Waals surface area (Å²) in [5.74, 6) is -0.453. The fourth-order valence-corrected chi connectivity index (χ4v) is 4.11. The van der Waals surface area contributed by atoms with Crippen molar-refractivity contribution in [1.82, 2.24) is 25.1 Å². The Morgan fingerprint density at radius 3 is 2.47 bits per heavy atom. The number of nitrogens with one attached hydrogen (secondary N) is 2. The lowest BCUT2D eigenvalue weighted by Gasteiger charge is -2.30. The summed E-state index contributed by atoms with van der Waals surface area (Å²) in [6.07, 6.45) is 0. The molecule has 2 aromatic rings. The second-order valence-electron chi connectivity index (χ2n) is 7.49. The van der Waals surface area contributed by atoms with Gasteiger partial charge in [-0.3, -0.25) is 24.4 Å². The van der Waals surface area contributed by atoms with Crippen molar-refractivity contribution >= 4 is 34.6 Å². The van der Waals surface area contributed by atoms with Crippen molar-refractivity contribution in [3.8, 4) is 0 Å². The van der Waals surface area contributed by atoms with E-state index in [4.69, 9.17) is 0 Å². The summed E-state index contributed by atoms with van der Waals surface area (Å²) < 4.78 is 1.63. The van der Waals surface area contributed by atoms with Crippen LogP contribution in [0.2, 0.25) is 0 Å². The van der Waals surface area contributed by atoms with Crippen LogP contribution in [-0.4, -0.2) is 57.3 Å². The summed E-state index contributed by atoms with van der Waals surface area (Å²) in [4.78, 5) is 43.7. The van der Waals surface area contributed by atoms with Gasteiger partial charge in [-0.2, -0.15) is 0 Å². The SMILES string of the molecule is CCNC(=O)NC(=O)CSc1nc2ccccc2c(=O)n1CCN(C(C)C)C(C)C. The molecule has 0 spiro atoms. The molecular formula is C21H31N5O3S. The van der Waals surface area contributed by atoms with Gasteiger partial charge in [0.2, 0.25) is 5.91 Å². The van der Waals surface area contributed by atoms with Gasteiger partial charge in [-0.1, -0.05) is 23.9 Å². The molecule has 1 aromatic carbocycles. The number of carbonyl (C=O) groups excluding carboxylic acids is 2. The predicted molar refractivity (Wildman–Crippen MR) is 121 cm³/mol. The predicted octanol–water partition coefficient (Wildman–Crippen LogP) is 2.45. The van der Waals surface area contributed by atoms with Crippen molar-refractivity contribution in [2.45, 2.75) is 58.4 Å². The second-order valence-corrected chi connectivity index (χ2v) is 8.43. The molecular weight excluding hydrogens is 402 g/mol. The number of rotatable bonds is 9. The lowest BCUT2D eigenvalue weighted by Crippen LogP contribution is -2.41. The Morgan fingerprint density at radius 1 is 1.17 bits per heavy atom. The van der Waals surface area contributed by atoms with Crippen LogP contribution in [0.5, 0.6) is 0 Å². The maximum atomic E-state index is 13.1. The van der Waals surface area contributed by atoms with Crippen LogP contribution in [0.15, 0.2) is 34.2 Å². The summed E-state index contributed by atoms with van der Waals surface area (Å²) in [5, 5.41) is 5.81. The minimum absolute atomic E-state index is 0.0139. The van der Waals surface area contributed by atoms with Gasteiger partial charge in [0.25, 0.3) is 5.56 Å². The molecule has 164 valence electrons. The third kappa shape index (κ3) is 6.30. The maximum Gasteiger partial charge on any atom is 0.321 e. The Bertz CT molecular complexity index is 934. The van der Waals surface area contributed by atoms with Gasteiger partial charge in [0.05, 0.1) is 16.7 Å². The molecule has 0 aliphatic heterocycles. The van der Waals surface area contributed by atoms with Crippen molar-refractivity contribution in [3.63, 3.8) is 0 Å². The van der Waals surface area contributed by atoms with E-state index in [0.717, 1.165) is 11.8 Å². The highest BCUT2D eigenvalue weighted by Gasteiger charge is 2.17. The van der Waals surface area contributed by atoms with Gasteiger partial charge < -0.3 is 5.32 Å². The van der Waals surface area contributed by atoms with Gasteiger partial charge in [-0.15, -0.1) is 0 Å². The number of hydrogen-bond donors (Lipinski definition) is 2. The van der Waals surface area contributed by atoms with Crippen LogP contribution < -0.4 is 16.2 Å². The molecule has 1 heterocycles. The van der Waals surface area contributed by atoms with Gasteiger partial charge in [0.15, 0.2) is 5.16 Å². The van der Waals surface area contributed by atoms with Gasteiger partial charge in [0, 0.05) is 31.7 Å².